The highest BCUT2D eigenvalue weighted by molar-refractivity contribution is 8.00. The van der Waals surface area contributed by atoms with Crippen molar-refractivity contribution in [2.24, 2.45) is 0 Å². The van der Waals surface area contributed by atoms with Gasteiger partial charge in [-0.1, -0.05) is 0 Å². The molecule has 0 aromatic carbocycles. The lowest BCUT2D eigenvalue weighted by Crippen LogP contribution is -2.33. The Bertz CT molecular complexity index is 592. The van der Waals surface area contributed by atoms with Gasteiger partial charge in [-0.15, -0.1) is 11.8 Å². The predicted molar refractivity (Wildman–Crippen MR) is 74.1 cm³/mol. The molecule has 2 heterocycles. The monoisotopic (exact) mass is 373 g/mol. The molecule has 0 radical (unpaired) electrons. The second-order valence-corrected chi connectivity index (χ2v) is 6.14. The minimum atomic E-state index is -4.63. The van der Waals surface area contributed by atoms with E-state index in [1.165, 1.54) is 4.90 Å². The predicted octanol–water partition coefficient (Wildman–Crippen LogP) is 3.45. The summed E-state index contributed by atoms with van der Waals surface area (Å²) in [5.74, 6) is -2.25. The van der Waals surface area contributed by atoms with Crippen molar-refractivity contribution in [3.05, 3.63) is 23.8 Å². The average Bonchev–Trinajstić information content (AvgIpc) is 2.94. The van der Waals surface area contributed by atoms with Crippen molar-refractivity contribution in [2.75, 3.05) is 18.1 Å². The number of carbonyl (C=O) groups is 1. The standard InChI is InChI=1S/C13H13F6N3OS/c14-12(15,16)7-24-6-10(23)22-5-1-2-8(22)11-20-4-3-9(21-11)13(17,18)19/h3-4,8H,1-2,5-7H2. The Balaban J connectivity index is 2.06. The summed E-state index contributed by atoms with van der Waals surface area (Å²) in [6, 6.07) is -0.0182. The van der Waals surface area contributed by atoms with Crippen molar-refractivity contribution in [3.8, 4) is 0 Å². The molecule has 1 aromatic heterocycles. The van der Waals surface area contributed by atoms with Gasteiger partial charge in [-0.2, -0.15) is 26.3 Å². The Kier molecular flexibility index (Phi) is 5.61. The number of aromatic nitrogens is 2. The van der Waals surface area contributed by atoms with Crippen LogP contribution in [0.15, 0.2) is 12.3 Å². The van der Waals surface area contributed by atoms with Crippen molar-refractivity contribution in [1.29, 1.82) is 0 Å². The first kappa shape index (κ1) is 18.8. The van der Waals surface area contributed by atoms with Gasteiger partial charge in [-0.05, 0) is 18.9 Å². The first-order valence-electron chi connectivity index (χ1n) is 6.92. The van der Waals surface area contributed by atoms with Crippen molar-refractivity contribution < 1.29 is 31.1 Å². The number of thioether (sulfide) groups is 1. The molecular weight excluding hydrogens is 360 g/mol. The van der Waals surface area contributed by atoms with E-state index in [0.29, 0.717) is 24.6 Å². The summed E-state index contributed by atoms with van der Waals surface area (Å²) in [5.41, 5.74) is -1.11. The third kappa shape index (κ3) is 4.99. The molecule has 1 fully saturated rings. The van der Waals surface area contributed by atoms with E-state index >= 15 is 0 Å². The van der Waals surface area contributed by atoms with E-state index < -0.39 is 41.5 Å². The van der Waals surface area contributed by atoms with Crippen LogP contribution in [-0.2, 0) is 11.0 Å². The Labute approximate surface area is 137 Å². The van der Waals surface area contributed by atoms with Gasteiger partial charge in [0.1, 0.15) is 5.69 Å². The van der Waals surface area contributed by atoms with E-state index in [9.17, 15) is 31.1 Å². The molecule has 0 N–H and O–H groups in total. The number of rotatable bonds is 4. The first-order chi connectivity index (χ1) is 11.1. The van der Waals surface area contributed by atoms with Gasteiger partial charge in [0.25, 0.3) is 0 Å². The lowest BCUT2D eigenvalue weighted by Gasteiger charge is -2.24. The zero-order chi connectivity index (χ0) is 18.0. The lowest BCUT2D eigenvalue weighted by molar-refractivity contribution is -0.141. The van der Waals surface area contributed by atoms with Crippen molar-refractivity contribution in [1.82, 2.24) is 14.9 Å². The van der Waals surface area contributed by atoms with Crippen LogP contribution in [0.2, 0.25) is 0 Å². The van der Waals surface area contributed by atoms with Crippen molar-refractivity contribution in [3.63, 3.8) is 0 Å². The highest BCUT2D eigenvalue weighted by Crippen LogP contribution is 2.33. The summed E-state index contributed by atoms with van der Waals surface area (Å²) in [6.45, 7) is 0.260. The molecule has 1 aromatic rings. The molecular formula is C13H13F6N3OS. The van der Waals surface area contributed by atoms with Crippen LogP contribution >= 0.6 is 11.8 Å². The molecule has 134 valence electrons. The van der Waals surface area contributed by atoms with E-state index in [0.717, 1.165) is 12.3 Å². The molecule has 1 aliphatic rings. The maximum absolute atomic E-state index is 12.7. The summed E-state index contributed by atoms with van der Waals surface area (Å²) in [6.07, 6.45) is -7.14. The van der Waals surface area contributed by atoms with Crippen molar-refractivity contribution >= 4 is 17.7 Å². The summed E-state index contributed by atoms with van der Waals surface area (Å²) >= 11 is 0.423. The van der Waals surface area contributed by atoms with Gasteiger partial charge < -0.3 is 4.90 Å². The van der Waals surface area contributed by atoms with Gasteiger partial charge in [0.2, 0.25) is 5.91 Å². The lowest BCUT2D eigenvalue weighted by atomic mass is 10.2. The Morgan fingerprint density at radius 3 is 2.62 bits per heavy atom. The molecule has 1 amide bonds. The normalized spacial score (nSPS) is 18.9. The number of hydrogen-bond acceptors (Lipinski definition) is 4. The maximum atomic E-state index is 12.7. The van der Waals surface area contributed by atoms with Gasteiger partial charge >= 0.3 is 12.4 Å². The molecule has 11 heteroatoms. The third-order valence-corrected chi connectivity index (χ3v) is 4.31. The largest absolute Gasteiger partial charge is 0.433 e. The summed E-state index contributed by atoms with van der Waals surface area (Å²) in [4.78, 5) is 20.6. The van der Waals surface area contributed by atoms with E-state index in [4.69, 9.17) is 0 Å². The van der Waals surface area contributed by atoms with Crippen LogP contribution in [0.25, 0.3) is 0 Å². The van der Waals surface area contributed by atoms with Crippen LogP contribution in [0, 0.1) is 0 Å². The molecule has 0 bridgehead atoms. The SMILES string of the molecule is O=C(CSCC(F)(F)F)N1CCCC1c1nccc(C(F)(F)F)n1. The number of hydrogen-bond donors (Lipinski definition) is 0. The second-order valence-electron chi connectivity index (χ2n) is 5.15. The number of likely N-dealkylation sites (tertiary alicyclic amines) is 1. The third-order valence-electron chi connectivity index (χ3n) is 3.33. The summed E-state index contributed by atoms with van der Waals surface area (Å²) in [7, 11) is 0. The second kappa shape index (κ2) is 7.16. The van der Waals surface area contributed by atoms with Gasteiger partial charge in [0, 0.05) is 12.7 Å². The van der Waals surface area contributed by atoms with Gasteiger partial charge in [-0.3, -0.25) is 4.79 Å². The number of nitrogens with zero attached hydrogens (tertiary/aromatic N) is 3. The highest BCUT2D eigenvalue weighted by Gasteiger charge is 2.36. The minimum Gasteiger partial charge on any atom is -0.332 e. The molecule has 4 nitrogen and oxygen atoms in total. The number of carbonyl (C=O) groups excluding carboxylic acids is 1. The molecule has 1 aliphatic heterocycles. The van der Waals surface area contributed by atoms with E-state index in [1.54, 1.807) is 0 Å². The average molecular weight is 373 g/mol. The maximum Gasteiger partial charge on any atom is 0.433 e. The fraction of sp³-hybridized carbons (Fsp3) is 0.615. The summed E-state index contributed by atoms with van der Waals surface area (Å²) < 4.78 is 74.5. The van der Waals surface area contributed by atoms with Crippen LogP contribution in [0.5, 0.6) is 0 Å². The fourth-order valence-corrected chi connectivity index (χ4v) is 3.04. The van der Waals surface area contributed by atoms with Crippen LogP contribution in [0.3, 0.4) is 0 Å². The molecule has 24 heavy (non-hydrogen) atoms. The van der Waals surface area contributed by atoms with Crippen LogP contribution in [0.1, 0.15) is 30.4 Å². The van der Waals surface area contributed by atoms with Gasteiger partial charge in [0.15, 0.2) is 5.82 Å². The van der Waals surface area contributed by atoms with Gasteiger partial charge in [0.05, 0.1) is 17.5 Å². The zero-order valence-electron chi connectivity index (χ0n) is 12.2. The Morgan fingerprint density at radius 1 is 1.29 bits per heavy atom. The zero-order valence-corrected chi connectivity index (χ0v) is 13.0. The van der Waals surface area contributed by atoms with Crippen LogP contribution in [-0.4, -0.2) is 45.0 Å². The van der Waals surface area contributed by atoms with Crippen LogP contribution in [0.4, 0.5) is 26.3 Å². The molecule has 2 rings (SSSR count). The number of halogens is 6. The molecule has 1 atom stereocenters. The Hall–Kier alpha value is -1.52. The Morgan fingerprint density at radius 2 is 2.00 bits per heavy atom. The molecule has 0 aliphatic carbocycles. The fourth-order valence-electron chi connectivity index (χ4n) is 2.36. The molecule has 0 saturated carbocycles. The van der Waals surface area contributed by atoms with Gasteiger partial charge in [-0.25, -0.2) is 9.97 Å². The van der Waals surface area contributed by atoms with Crippen molar-refractivity contribution in [2.45, 2.75) is 31.2 Å². The van der Waals surface area contributed by atoms with E-state index in [1.807, 2.05) is 0 Å². The molecule has 0 spiro atoms. The molecule has 1 unspecified atom stereocenters. The minimum absolute atomic E-state index is 0.142. The van der Waals surface area contributed by atoms with E-state index in [2.05, 4.69) is 9.97 Å². The summed E-state index contributed by atoms with van der Waals surface area (Å²) in [5, 5.41) is 0. The highest BCUT2D eigenvalue weighted by atomic mass is 32.2. The number of amides is 1. The smallest absolute Gasteiger partial charge is 0.332 e. The number of alkyl halides is 6. The molecule has 1 saturated heterocycles. The van der Waals surface area contributed by atoms with E-state index in [-0.39, 0.29) is 12.4 Å². The quantitative estimate of drug-likeness (QED) is 0.759. The first-order valence-corrected chi connectivity index (χ1v) is 8.07. The van der Waals surface area contributed by atoms with Crippen LogP contribution < -0.4 is 0 Å². The topological polar surface area (TPSA) is 46.1 Å².